The molecular formula is C20H18N4O. The van der Waals surface area contributed by atoms with Crippen LogP contribution in [0.2, 0.25) is 0 Å². The molecule has 2 heterocycles. The smallest absolute Gasteiger partial charge is 0.225 e. The van der Waals surface area contributed by atoms with Gasteiger partial charge in [-0.2, -0.15) is 4.98 Å². The Morgan fingerprint density at radius 2 is 1.84 bits per heavy atom. The number of nitrogens with zero attached hydrogens (tertiary/aromatic N) is 2. The van der Waals surface area contributed by atoms with Gasteiger partial charge in [-0.3, -0.25) is 0 Å². The zero-order valence-corrected chi connectivity index (χ0v) is 13.9. The highest BCUT2D eigenvalue weighted by Crippen LogP contribution is 2.28. The van der Waals surface area contributed by atoms with Gasteiger partial charge in [0, 0.05) is 24.5 Å². The fraction of sp³-hybridized carbons (Fsp3) is 0.100. The van der Waals surface area contributed by atoms with Gasteiger partial charge in [-0.25, -0.2) is 4.98 Å². The van der Waals surface area contributed by atoms with E-state index >= 15 is 0 Å². The highest BCUT2D eigenvalue weighted by atomic mass is 16.3. The molecule has 0 aliphatic rings. The number of nitrogens with one attached hydrogen (secondary N) is 2. The second-order valence-corrected chi connectivity index (χ2v) is 5.69. The standard InChI is InChI=1S/C20H18N4O/c1-21-19-16-12-15(18-8-5-11-25-18)9-10-17(16)23-20(24-19)22-13-14-6-3-2-4-7-14/h2-12H,13H2,1H3,(H2,21,22,23,24). The first-order valence-electron chi connectivity index (χ1n) is 8.15. The molecule has 0 amide bonds. The maximum absolute atomic E-state index is 5.48. The lowest BCUT2D eigenvalue weighted by Crippen LogP contribution is -2.06. The average Bonchev–Trinajstić information content (AvgIpc) is 3.21. The largest absolute Gasteiger partial charge is 0.464 e. The van der Waals surface area contributed by atoms with E-state index in [1.807, 2.05) is 55.6 Å². The van der Waals surface area contributed by atoms with Gasteiger partial charge >= 0.3 is 0 Å². The van der Waals surface area contributed by atoms with Crippen molar-refractivity contribution < 1.29 is 4.42 Å². The summed E-state index contributed by atoms with van der Waals surface area (Å²) in [7, 11) is 1.86. The Bertz CT molecular complexity index is 981. The van der Waals surface area contributed by atoms with Crippen molar-refractivity contribution in [3.63, 3.8) is 0 Å². The van der Waals surface area contributed by atoms with E-state index in [4.69, 9.17) is 4.42 Å². The van der Waals surface area contributed by atoms with E-state index in [0.29, 0.717) is 12.5 Å². The summed E-state index contributed by atoms with van der Waals surface area (Å²) in [5.74, 6) is 2.22. The van der Waals surface area contributed by atoms with Crippen molar-refractivity contribution in [2.24, 2.45) is 0 Å². The molecule has 0 saturated heterocycles. The fourth-order valence-electron chi connectivity index (χ4n) is 2.77. The minimum absolute atomic E-state index is 0.603. The first kappa shape index (κ1) is 15.2. The van der Waals surface area contributed by atoms with E-state index in [2.05, 4.69) is 32.7 Å². The molecule has 0 atom stereocenters. The maximum Gasteiger partial charge on any atom is 0.225 e. The highest BCUT2D eigenvalue weighted by Gasteiger charge is 2.09. The molecule has 0 spiro atoms. The Hall–Kier alpha value is -3.34. The lowest BCUT2D eigenvalue weighted by molar-refractivity contribution is 0.582. The van der Waals surface area contributed by atoms with Crippen LogP contribution in [0.4, 0.5) is 11.8 Å². The third-order valence-electron chi connectivity index (χ3n) is 4.03. The Morgan fingerprint density at radius 1 is 0.960 bits per heavy atom. The topological polar surface area (TPSA) is 63.0 Å². The van der Waals surface area contributed by atoms with E-state index in [9.17, 15) is 0 Å². The van der Waals surface area contributed by atoms with Crippen LogP contribution in [0.3, 0.4) is 0 Å². The first-order valence-corrected chi connectivity index (χ1v) is 8.15. The summed E-state index contributed by atoms with van der Waals surface area (Å²) < 4.78 is 5.48. The van der Waals surface area contributed by atoms with Crippen LogP contribution in [0.15, 0.2) is 71.3 Å². The quantitative estimate of drug-likeness (QED) is 0.562. The van der Waals surface area contributed by atoms with Crippen LogP contribution in [-0.2, 0) is 6.54 Å². The minimum atomic E-state index is 0.603. The van der Waals surface area contributed by atoms with E-state index in [0.717, 1.165) is 28.0 Å². The molecule has 4 aromatic rings. The number of benzene rings is 2. The van der Waals surface area contributed by atoms with Gasteiger partial charge in [0.2, 0.25) is 5.95 Å². The van der Waals surface area contributed by atoms with Gasteiger partial charge in [0.15, 0.2) is 0 Å². The SMILES string of the molecule is CNc1nc(NCc2ccccc2)nc2ccc(-c3ccco3)cc12. The molecule has 0 unspecified atom stereocenters. The second kappa shape index (κ2) is 6.65. The number of aromatic nitrogens is 2. The molecule has 2 aromatic carbocycles. The van der Waals surface area contributed by atoms with Gasteiger partial charge in [0.05, 0.1) is 11.8 Å². The Balaban J connectivity index is 1.67. The van der Waals surface area contributed by atoms with Gasteiger partial charge in [-0.1, -0.05) is 30.3 Å². The monoisotopic (exact) mass is 330 g/mol. The summed E-state index contributed by atoms with van der Waals surface area (Å²) in [5, 5.41) is 7.41. The van der Waals surface area contributed by atoms with Crippen LogP contribution in [0, 0.1) is 0 Å². The third-order valence-corrected chi connectivity index (χ3v) is 4.03. The summed E-state index contributed by atoms with van der Waals surface area (Å²) in [4.78, 5) is 9.22. The lowest BCUT2D eigenvalue weighted by atomic mass is 10.1. The predicted molar refractivity (Wildman–Crippen MR) is 101 cm³/mol. The molecule has 5 heteroatoms. The van der Waals surface area contributed by atoms with Crippen LogP contribution in [0.25, 0.3) is 22.2 Å². The molecule has 0 aliphatic carbocycles. The molecule has 0 bridgehead atoms. The Morgan fingerprint density at radius 3 is 2.60 bits per heavy atom. The summed E-state index contributed by atoms with van der Waals surface area (Å²) in [6.45, 7) is 0.681. The van der Waals surface area contributed by atoms with Gasteiger partial charge in [-0.15, -0.1) is 0 Å². The van der Waals surface area contributed by atoms with Crippen LogP contribution in [0.5, 0.6) is 0 Å². The molecule has 0 fully saturated rings. The molecule has 0 radical (unpaired) electrons. The van der Waals surface area contributed by atoms with Crippen molar-refractivity contribution in [3.8, 4) is 11.3 Å². The number of hydrogen-bond acceptors (Lipinski definition) is 5. The average molecular weight is 330 g/mol. The van der Waals surface area contributed by atoms with Gasteiger partial charge in [0.25, 0.3) is 0 Å². The summed E-state index contributed by atoms with van der Waals surface area (Å²) in [6.07, 6.45) is 1.67. The molecular weight excluding hydrogens is 312 g/mol. The van der Waals surface area contributed by atoms with Crippen molar-refractivity contribution in [2.45, 2.75) is 6.54 Å². The third kappa shape index (κ3) is 3.17. The van der Waals surface area contributed by atoms with Crippen LogP contribution in [-0.4, -0.2) is 17.0 Å². The Labute approximate surface area is 145 Å². The molecule has 0 saturated carbocycles. The van der Waals surface area contributed by atoms with E-state index < -0.39 is 0 Å². The maximum atomic E-state index is 5.48. The first-order chi connectivity index (χ1) is 12.3. The van der Waals surface area contributed by atoms with Crippen LogP contribution in [0.1, 0.15) is 5.56 Å². The van der Waals surface area contributed by atoms with Crippen molar-refractivity contribution >= 4 is 22.7 Å². The fourth-order valence-corrected chi connectivity index (χ4v) is 2.77. The molecule has 0 aliphatic heterocycles. The highest BCUT2D eigenvalue weighted by molar-refractivity contribution is 5.93. The molecule has 4 rings (SSSR count). The summed E-state index contributed by atoms with van der Waals surface area (Å²) in [5.41, 5.74) is 3.07. The number of fused-ring (bicyclic) bond motifs is 1. The summed E-state index contributed by atoms with van der Waals surface area (Å²) >= 11 is 0. The van der Waals surface area contributed by atoms with Crippen LogP contribution < -0.4 is 10.6 Å². The number of furan rings is 1. The minimum Gasteiger partial charge on any atom is -0.464 e. The molecule has 2 N–H and O–H groups in total. The second-order valence-electron chi connectivity index (χ2n) is 5.69. The molecule has 124 valence electrons. The van der Waals surface area contributed by atoms with Gasteiger partial charge in [-0.05, 0) is 35.9 Å². The van der Waals surface area contributed by atoms with Crippen molar-refractivity contribution in [2.75, 3.05) is 17.7 Å². The van der Waals surface area contributed by atoms with Crippen LogP contribution >= 0.6 is 0 Å². The van der Waals surface area contributed by atoms with Gasteiger partial charge < -0.3 is 15.1 Å². The predicted octanol–water partition coefficient (Wildman–Crippen LogP) is 4.54. The lowest BCUT2D eigenvalue weighted by Gasteiger charge is -2.10. The number of hydrogen-bond donors (Lipinski definition) is 2. The zero-order chi connectivity index (χ0) is 17.1. The van der Waals surface area contributed by atoms with Crippen molar-refractivity contribution in [1.29, 1.82) is 0 Å². The molecule has 5 nitrogen and oxygen atoms in total. The van der Waals surface area contributed by atoms with Crippen molar-refractivity contribution in [3.05, 3.63) is 72.5 Å². The zero-order valence-electron chi connectivity index (χ0n) is 13.9. The molecule has 2 aromatic heterocycles. The molecule has 25 heavy (non-hydrogen) atoms. The van der Waals surface area contributed by atoms with E-state index in [1.165, 1.54) is 5.56 Å². The summed E-state index contributed by atoms with van der Waals surface area (Å²) in [6, 6.07) is 20.1. The normalized spacial score (nSPS) is 10.8. The Kier molecular flexibility index (Phi) is 4.04. The van der Waals surface area contributed by atoms with E-state index in [1.54, 1.807) is 6.26 Å². The van der Waals surface area contributed by atoms with E-state index in [-0.39, 0.29) is 0 Å². The van der Waals surface area contributed by atoms with Gasteiger partial charge in [0.1, 0.15) is 11.6 Å². The van der Waals surface area contributed by atoms with Crippen molar-refractivity contribution in [1.82, 2.24) is 9.97 Å². The number of anilines is 2. The number of rotatable bonds is 5.